The van der Waals surface area contributed by atoms with Crippen LogP contribution in [-0.2, 0) is 19.1 Å². The first kappa shape index (κ1) is 19.2. The Morgan fingerprint density at radius 3 is 1.95 bits per heavy atom. The van der Waals surface area contributed by atoms with Gasteiger partial charge in [0.15, 0.2) is 0 Å². The third kappa shape index (κ3) is 13.8. The van der Waals surface area contributed by atoms with E-state index in [4.69, 9.17) is 14.9 Å². The van der Waals surface area contributed by atoms with Crippen molar-refractivity contribution in [3.8, 4) is 0 Å². The predicted octanol–water partition coefficient (Wildman–Crippen LogP) is 2.01. The molecule has 6 nitrogen and oxygen atoms in total. The molecule has 0 rings (SSSR count). The Bertz CT molecular complexity index is 355. The van der Waals surface area contributed by atoms with Gasteiger partial charge in [0.1, 0.15) is 0 Å². The summed E-state index contributed by atoms with van der Waals surface area (Å²) >= 11 is 0. The van der Waals surface area contributed by atoms with Crippen molar-refractivity contribution in [1.29, 1.82) is 0 Å². The quantitative estimate of drug-likeness (QED) is 0.435. The second-order valence-electron chi connectivity index (χ2n) is 3.74. The molecule has 2 N–H and O–H groups in total. The maximum absolute atomic E-state index is 10.9. The van der Waals surface area contributed by atoms with E-state index in [-0.39, 0.29) is 11.1 Å². The van der Waals surface area contributed by atoms with Crippen LogP contribution in [0.4, 0.5) is 0 Å². The Morgan fingerprint density at radius 1 is 1.16 bits per heavy atom. The van der Waals surface area contributed by atoms with Crippen molar-refractivity contribution in [2.24, 2.45) is 0 Å². The fourth-order valence-electron chi connectivity index (χ4n) is 0.597. The zero-order valence-corrected chi connectivity index (χ0v) is 11.4. The number of carbonyl (C=O) groups excluding carboxylic acids is 1. The van der Waals surface area contributed by atoms with Gasteiger partial charge in [-0.1, -0.05) is 19.9 Å². The molecule has 0 unspecified atom stereocenters. The molecule has 0 amide bonds. The van der Waals surface area contributed by atoms with Crippen LogP contribution in [0.2, 0.25) is 0 Å². The zero-order chi connectivity index (χ0) is 15.4. The summed E-state index contributed by atoms with van der Waals surface area (Å²) in [6.07, 6.45) is 2.72. The molecule has 0 aliphatic carbocycles. The van der Waals surface area contributed by atoms with Crippen molar-refractivity contribution < 1.29 is 29.3 Å². The van der Waals surface area contributed by atoms with Crippen LogP contribution >= 0.6 is 0 Å². The first-order chi connectivity index (χ1) is 8.72. The summed E-state index contributed by atoms with van der Waals surface area (Å²) < 4.78 is 4.72. The molecule has 0 spiro atoms. The lowest BCUT2D eigenvalue weighted by atomic mass is 10.3. The topological polar surface area (TPSA) is 101 Å². The molecule has 0 fully saturated rings. The van der Waals surface area contributed by atoms with Gasteiger partial charge in [0, 0.05) is 17.2 Å². The molecule has 0 aromatic carbocycles. The average molecular weight is 272 g/mol. The van der Waals surface area contributed by atoms with Crippen molar-refractivity contribution in [3.05, 3.63) is 23.8 Å². The lowest BCUT2D eigenvalue weighted by Crippen LogP contribution is -2.05. The monoisotopic (exact) mass is 272 g/mol. The van der Waals surface area contributed by atoms with E-state index in [2.05, 4.69) is 6.58 Å². The average Bonchev–Trinajstić information content (AvgIpc) is 2.29. The van der Waals surface area contributed by atoms with E-state index in [0.29, 0.717) is 6.61 Å². The second kappa shape index (κ2) is 11.0. The van der Waals surface area contributed by atoms with E-state index in [1.54, 1.807) is 0 Å². The molecule has 19 heavy (non-hydrogen) atoms. The summed E-state index contributed by atoms with van der Waals surface area (Å²) in [5, 5.41) is 16.3. The van der Waals surface area contributed by atoms with Crippen molar-refractivity contribution in [2.45, 2.75) is 33.6 Å². The molecule has 108 valence electrons. The molecule has 0 atom stereocenters. The lowest BCUT2D eigenvalue weighted by Gasteiger charge is -1.99. The molecule has 0 saturated heterocycles. The first-order valence-electron chi connectivity index (χ1n) is 5.69. The fraction of sp³-hybridized carbons (Fsp3) is 0.462. The number of hydrogen-bond donors (Lipinski definition) is 2. The molecule has 0 aromatic heterocycles. The van der Waals surface area contributed by atoms with Crippen LogP contribution < -0.4 is 0 Å². The van der Waals surface area contributed by atoms with E-state index in [9.17, 15) is 14.4 Å². The number of unbranched alkanes of at least 4 members (excludes halogenated alkanes) is 1. The van der Waals surface area contributed by atoms with Gasteiger partial charge in [0.25, 0.3) is 0 Å². The number of aliphatic carboxylic acids is 2. The largest absolute Gasteiger partial charge is 0.478 e. The van der Waals surface area contributed by atoms with Crippen LogP contribution in [0.3, 0.4) is 0 Å². The van der Waals surface area contributed by atoms with Gasteiger partial charge in [-0.3, -0.25) is 0 Å². The molecular formula is C13H20O6. The predicted molar refractivity (Wildman–Crippen MR) is 69.7 cm³/mol. The lowest BCUT2D eigenvalue weighted by molar-refractivity contribution is -0.139. The highest BCUT2D eigenvalue weighted by Gasteiger charge is 2.04. The van der Waals surface area contributed by atoms with Crippen LogP contribution in [0.1, 0.15) is 33.6 Å². The van der Waals surface area contributed by atoms with Gasteiger partial charge in [-0.15, -0.1) is 0 Å². The van der Waals surface area contributed by atoms with E-state index < -0.39 is 17.9 Å². The smallest absolute Gasteiger partial charge is 0.331 e. The van der Waals surface area contributed by atoms with Crippen LogP contribution in [0.25, 0.3) is 0 Å². The van der Waals surface area contributed by atoms with Crippen molar-refractivity contribution >= 4 is 17.9 Å². The number of ether oxygens (including phenoxy) is 1. The van der Waals surface area contributed by atoms with Gasteiger partial charge < -0.3 is 14.9 Å². The number of carboxylic acid groups (broad SMARTS) is 2. The minimum absolute atomic E-state index is 0.0125. The molecule has 0 aliphatic rings. The van der Waals surface area contributed by atoms with Gasteiger partial charge in [0.2, 0.25) is 0 Å². The minimum Gasteiger partial charge on any atom is -0.478 e. The van der Waals surface area contributed by atoms with Gasteiger partial charge in [-0.2, -0.15) is 0 Å². The van der Waals surface area contributed by atoms with Crippen LogP contribution in [0.5, 0.6) is 0 Å². The fourth-order valence-corrected chi connectivity index (χ4v) is 0.597. The van der Waals surface area contributed by atoms with Crippen molar-refractivity contribution in [3.63, 3.8) is 0 Å². The maximum Gasteiger partial charge on any atom is 0.331 e. The summed E-state index contributed by atoms with van der Waals surface area (Å²) in [5.74, 6) is -2.63. The van der Waals surface area contributed by atoms with Gasteiger partial charge >= 0.3 is 17.9 Å². The minimum atomic E-state index is -1.10. The normalized spacial score (nSPS) is 9.95. The Hall–Kier alpha value is -2.11. The highest BCUT2D eigenvalue weighted by atomic mass is 16.5. The first-order valence-corrected chi connectivity index (χ1v) is 5.69. The molecule has 6 heteroatoms. The Morgan fingerprint density at radius 2 is 1.63 bits per heavy atom. The number of rotatable bonds is 6. The molecule has 0 bridgehead atoms. The van der Waals surface area contributed by atoms with Crippen molar-refractivity contribution in [1.82, 2.24) is 0 Å². The molecule has 0 saturated carbocycles. The standard InChI is InChI=1S/C9H14O4.C4H6O2/c1-3-4-5-13-8(10)6-7(2)9(11)12;1-3(2)4(5)6/h6H,3-5H2,1-2H3,(H,11,12);1H2,2H3,(H,5,6)/b7-6+;. The highest BCUT2D eigenvalue weighted by Crippen LogP contribution is 1.95. The van der Waals surface area contributed by atoms with E-state index in [0.717, 1.165) is 18.9 Å². The van der Waals surface area contributed by atoms with E-state index in [1.165, 1.54) is 13.8 Å². The third-order valence-electron chi connectivity index (χ3n) is 1.78. The second-order valence-corrected chi connectivity index (χ2v) is 3.74. The molecular weight excluding hydrogens is 252 g/mol. The Kier molecular flexibility index (Phi) is 11.1. The van der Waals surface area contributed by atoms with Crippen LogP contribution in [-0.4, -0.2) is 34.7 Å². The van der Waals surface area contributed by atoms with Gasteiger partial charge in [0.05, 0.1) is 6.61 Å². The maximum atomic E-state index is 10.9. The van der Waals surface area contributed by atoms with Crippen LogP contribution in [0.15, 0.2) is 23.8 Å². The van der Waals surface area contributed by atoms with Crippen molar-refractivity contribution in [2.75, 3.05) is 6.61 Å². The number of carbonyl (C=O) groups is 3. The highest BCUT2D eigenvalue weighted by molar-refractivity contribution is 5.94. The summed E-state index contributed by atoms with van der Waals surface area (Å²) in [6, 6.07) is 0. The Balaban J connectivity index is 0. The number of esters is 1. The number of carboxylic acids is 2. The summed E-state index contributed by atoms with van der Waals surface area (Å²) in [6.45, 7) is 8.28. The summed E-state index contributed by atoms with van der Waals surface area (Å²) in [7, 11) is 0. The number of hydrogen-bond acceptors (Lipinski definition) is 4. The van der Waals surface area contributed by atoms with Gasteiger partial charge in [-0.25, -0.2) is 14.4 Å². The molecule has 0 radical (unpaired) electrons. The molecule has 0 aliphatic heterocycles. The molecule has 0 aromatic rings. The summed E-state index contributed by atoms with van der Waals surface area (Å²) in [5.41, 5.74) is 0.163. The van der Waals surface area contributed by atoms with E-state index in [1.807, 2.05) is 6.92 Å². The third-order valence-corrected chi connectivity index (χ3v) is 1.78. The van der Waals surface area contributed by atoms with E-state index >= 15 is 0 Å². The zero-order valence-electron chi connectivity index (χ0n) is 11.4. The molecule has 0 heterocycles. The van der Waals surface area contributed by atoms with Gasteiger partial charge in [-0.05, 0) is 20.3 Å². The Labute approximate surface area is 112 Å². The SMILES string of the molecule is C=C(C)C(=O)O.CCCCOC(=O)/C=C(\C)C(=O)O. The summed E-state index contributed by atoms with van der Waals surface area (Å²) in [4.78, 5) is 30.8. The van der Waals surface area contributed by atoms with Crippen LogP contribution in [0, 0.1) is 0 Å².